The van der Waals surface area contributed by atoms with Gasteiger partial charge >= 0.3 is 0 Å². The Morgan fingerprint density at radius 3 is 2.44 bits per heavy atom. The van der Waals surface area contributed by atoms with Crippen LogP contribution in [0.15, 0.2) is 30.5 Å². The van der Waals surface area contributed by atoms with Gasteiger partial charge in [-0.1, -0.05) is 12.8 Å². The maximum absolute atomic E-state index is 4.54. The highest BCUT2D eigenvalue weighted by Gasteiger charge is 2.16. The lowest BCUT2D eigenvalue weighted by Crippen LogP contribution is -2.29. The van der Waals surface area contributed by atoms with Crippen LogP contribution in [0.4, 0.5) is 23.1 Å². The van der Waals surface area contributed by atoms with Crippen molar-refractivity contribution in [3.8, 4) is 0 Å². The molecular formula is C19H26N6. The van der Waals surface area contributed by atoms with Gasteiger partial charge in [0.1, 0.15) is 0 Å². The molecule has 2 N–H and O–H groups in total. The molecule has 4 rings (SSSR count). The Hall–Kier alpha value is -2.37. The van der Waals surface area contributed by atoms with E-state index in [0.717, 1.165) is 11.5 Å². The van der Waals surface area contributed by atoms with Gasteiger partial charge in [0.05, 0.1) is 6.20 Å². The quantitative estimate of drug-likeness (QED) is 0.860. The van der Waals surface area contributed by atoms with Crippen LogP contribution < -0.4 is 15.5 Å². The van der Waals surface area contributed by atoms with Crippen LogP contribution in [0, 0.1) is 0 Å². The van der Waals surface area contributed by atoms with E-state index in [4.69, 9.17) is 0 Å². The van der Waals surface area contributed by atoms with Crippen molar-refractivity contribution in [3.05, 3.63) is 30.5 Å². The zero-order valence-corrected chi connectivity index (χ0v) is 14.6. The van der Waals surface area contributed by atoms with Gasteiger partial charge in [-0.15, -0.1) is 5.10 Å². The molecule has 6 nitrogen and oxygen atoms in total. The second kappa shape index (κ2) is 7.68. The Kier molecular flexibility index (Phi) is 4.95. The maximum Gasteiger partial charge on any atom is 0.244 e. The van der Waals surface area contributed by atoms with Crippen molar-refractivity contribution in [2.75, 3.05) is 28.6 Å². The van der Waals surface area contributed by atoms with Crippen molar-refractivity contribution in [3.63, 3.8) is 0 Å². The van der Waals surface area contributed by atoms with E-state index in [9.17, 15) is 0 Å². The molecule has 2 fully saturated rings. The molecule has 1 aliphatic carbocycles. The fourth-order valence-corrected chi connectivity index (χ4v) is 3.73. The molecule has 0 spiro atoms. The van der Waals surface area contributed by atoms with Crippen LogP contribution in [0.1, 0.15) is 44.9 Å². The number of benzene rings is 1. The Morgan fingerprint density at radius 2 is 1.68 bits per heavy atom. The molecule has 0 atom stereocenters. The monoisotopic (exact) mass is 338 g/mol. The molecule has 1 aromatic carbocycles. The minimum absolute atomic E-state index is 0.487. The van der Waals surface area contributed by atoms with Crippen LogP contribution in [-0.2, 0) is 0 Å². The summed E-state index contributed by atoms with van der Waals surface area (Å²) in [6.45, 7) is 2.33. The molecule has 1 aliphatic heterocycles. The van der Waals surface area contributed by atoms with Gasteiger partial charge in [0.2, 0.25) is 5.95 Å². The van der Waals surface area contributed by atoms with Crippen molar-refractivity contribution >= 4 is 23.1 Å². The lowest BCUT2D eigenvalue weighted by atomic mass is 10.1. The number of aromatic nitrogens is 3. The van der Waals surface area contributed by atoms with Crippen LogP contribution in [0.25, 0.3) is 0 Å². The predicted octanol–water partition coefficient (Wildman–Crippen LogP) is 3.96. The summed E-state index contributed by atoms with van der Waals surface area (Å²) in [5, 5.41) is 14.9. The second-order valence-electron chi connectivity index (χ2n) is 7.01. The number of rotatable bonds is 5. The van der Waals surface area contributed by atoms with E-state index in [1.54, 1.807) is 6.20 Å². The summed E-state index contributed by atoms with van der Waals surface area (Å²) in [6.07, 6.45) is 10.6. The highest BCUT2D eigenvalue weighted by atomic mass is 15.3. The predicted molar refractivity (Wildman–Crippen MR) is 101 cm³/mol. The van der Waals surface area contributed by atoms with Crippen LogP contribution in [-0.4, -0.2) is 34.3 Å². The average Bonchev–Trinajstić information content (AvgIpc) is 3.16. The van der Waals surface area contributed by atoms with Crippen molar-refractivity contribution in [2.45, 2.75) is 51.0 Å². The fraction of sp³-hybridized carbons (Fsp3) is 0.526. The molecule has 2 aromatic rings. The number of hydrogen-bond donors (Lipinski definition) is 2. The SMILES string of the molecule is c1cc(N2CCCCC2)ccc1Nc1cnnc(NC2CCCC2)n1. The van der Waals surface area contributed by atoms with Crippen LogP contribution in [0.2, 0.25) is 0 Å². The summed E-state index contributed by atoms with van der Waals surface area (Å²) in [4.78, 5) is 7.00. The highest BCUT2D eigenvalue weighted by Crippen LogP contribution is 2.24. The largest absolute Gasteiger partial charge is 0.372 e. The zero-order chi connectivity index (χ0) is 16.9. The third-order valence-corrected chi connectivity index (χ3v) is 5.11. The molecule has 1 saturated heterocycles. The molecule has 0 bridgehead atoms. The molecule has 2 heterocycles. The smallest absolute Gasteiger partial charge is 0.244 e. The molecule has 1 aromatic heterocycles. The third kappa shape index (κ3) is 4.18. The third-order valence-electron chi connectivity index (χ3n) is 5.11. The first-order valence-electron chi connectivity index (χ1n) is 9.45. The number of anilines is 4. The number of piperidine rings is 1. The van der Waals surface area contributed by atoms with E-state index in [0.29, 0.717) is 12.0 Å². The molecule has 0 radical (unpaired) electrons. The molecule has 0 unspecified atom stereocenters. The van der Waals surface area contributed by atoms with E-state index >= 15 is 0 Å². The second-order valence-corrected chi connectivity index (χ2v) is 7.01. The first kappa shape index (κ1) is 16.1. The normalized spacial score (nSPS) is 18.3. The Balaban J connectivity index is 1.39. The van der Waals surface area contributed by atoms with Crippen molar-refractivity contribution in [1.82, 2.24) is 15.2 Å². The van der Waals surface area contributed by atoms with Crippen LogP contribution >= 0.6 is 0 Å². The first-order valence-corrected chi connectivity index (χ1v) is 9.45. The van der Waals surface area contributed by atoms with Gasteiger partial charge in [-0.25, -0.2) is 0 Å². The average molecular weight is 338 g/mol. The number of nitrogens with one attached hydrogen (secondary N) is 2. The number of nitrogens with zero attached hydrogens (tertiary/aromatic N) is 4. The standard InChI is InChI=1S/C19H26N6/c1-4-12-25(13-5-1)17-10-8-16(9-11-17)21-18-14-20-24-19(23-18)22-15-6-2-3-7-15/h8-11,14-15H,1-7,12-13H2,(H2,21,22,23,24). The minimum atomic E-state index is 0.487. The van der Waals surface area contributed by atoms with E-state index in [1.165, 1.54) is 63.7 Å². The van der Waals surface area contributed by atoms with Gasteiger partial charge in [-0.3, -0.25) is 0 Å². The van der Waals surface area contributed by atoms with E-state index in [1.807, 2.05) is 0 Å². The summed E-state index contributed by atoms with van der Waals surface area (Å²) in [5.41, 5.74) is 2.32. The minimum Gasteiger partial charge on any atom is -0.372 e. The van der Waals surface area contributed by atoms with E-state index in [-0.39, 0.29) is 0 Å². The van der Waals surface area contributed by atoms with Crippen LogP contribution in [0.5, 0.6) is 0 Å². The summed E-state index contributed by atoms with van der Waals surface area (Å²) < 4.78 is 0. The Labute approximate surface area is 149 Å². The van der Waals surface area contributed by atoms with Gasteiger partial charge in [-0.05, 0) is 56.4 Å². The van der Waals surface area contributed by atoms with Crippen molar-refractivity contribution in [2.24, 2.45) is 0 Å². The molecule has 0 amide bonds. The van der Waals surface area contributed by atoms with E-state index < -0.39 is 0 Å². The Bertz CT molecular complexity index is 675. The molecule has 132 valence electrons. The summed E-state index contributed by atoms with van der Waals surface area (Å²) in [5.74, 6) is 1.34. The summed E-state index contributed by atoms with van der Waals surface area (Å²) in [7, 11) is 0. The lowest BCUT2D eigenvalue weighted by Gasteiger charge is -2.28. The summed E-state index contributed by atoms with van der Waals surface area (Å²) >= 11 is 0. The van der Waals surface area contributed by atoms with Gasteiger partial charge in [-0.2, -0.15) is 10.1 Å². The number of hydrogen-bond acceptors (Lipinski definition) is 6. The first-order chi connectivity index (χ1) is 12.4. The molecule has 2 aliphatic rings. The van der Waals surface area contributed by atoms with Gasteiger partial charge in [0, 0.05) is 30.5 Å². The zero-order valence-electron chi connectivity index (χ0n) is 14.6. The molecule has 1 saturated carbocycles. The van der Waals surface area contributed by atoms with Crippen molar-refractivity contribution in [1.29, 1.82) is 0 Å². The topological polar surface area (TPSA) is 66.0 Å². The lowest BCUT2D eigenvalue weighted by molar-refractivity contribution is 0.578. The Morgan fingerprint density at radius 1 is 0.920 bits per heavy atom. The van der Waals surface area contributed by atoms with Crippen molar-refractivity contribution < 1.29 is 0 Å². The fourth-order valence-electron chi connectivity index (χ4n) is 3.73. The molecule has 25 heavy (non-hydrogen) atoms. The molecule has 6 heteroatoms. The highest BCUT2D eigenvalue weighted by molar-refractivity contribution is 5.61. The maximum atomic E-state index is 4.54. The molecular weight excluding hydrogens is 312 g/mol. The summed E-state index contributed by atoms with van der Waals surface area (Å²) in [6, 6.07) is 9.06. The van der Waals surface area contributed by atoms with Gasteiger partial charge in [0.25, 0.3) is 0 Å². The van der Waals surface area contributed by atoms with Crippen LogP contribution in [0.3, 0.4) is 0 Å². The van der Waals surface area contributed by atoms with Gasteiger partial charge in [0.15, 0.2) is 5.82 Å². The van der Waals surface area contributed by atoms with Gasteiger partial charge < -0.3 is 15.5 Å². The van der Waals surface area contributed by atoms with E-state index in [2.05, 4.69) is 55.0 Å².